The van der Waals surface area contributed by atoms with Crippen molar-refractivity contribution in [3.63, 3.8) is 0 Å². The number of carboxylic acid groups (broad SMARTS) is 1. The van der Waals surface area contributed by atoms with Crippen molar-refractivity contribution in [2.45, 2.75) is 31.1 Å². The SMILES string of the molecule is CC(C)(C)c1ccnc(-c2cc3cc(SCC(=O)O)ccc3[nH]2)c1. The molecule has 0 aliphatic carbocycles. The molecule has 2 heterocycles. The van der Waals surface area contributed by atoms with Gasteiger partial charge >= 0.3 is 5.97 Å². The molecule has 0 amide bonds. The molecule has 0 aliphatic heterocycles. The van der Waals surface area contributed by atoms with E-state index in [0.29, 0.717) is 0 Å². The molecule has 5 heteroatoms. The second-order valence-electron chi connectivity index (χ2n) is 6.79. The third-order valence-electron chi connectivity index (χ3n) is 3.86. The topological polar surface area (TPSA) is 66.0 Å². The third-order valence-corrected chi connectivity index (χ3v) is 4.83. The minimum atomic E-state index is -0.807. The first kappa shape index (κ1) is 16.6. The largest absolute Gasteiger partial charge is 0.481 e. The maximum atomic E-state index is 10.7. The molecular formula is C19H20N2O2S. The summed E-state index contributed by atoms with van der Waals surface area (Å²) in [4.78, 5) is 19.5. The van der Waals surface area contributed by atoms with Crippen molar-refractivity contribution in [3.05, 3.63) is 48.2 Å². The van der Waals surface area contributed by atoms with Gasteiger partial charge in [0.05, 0.1) is 17.1 Å². The van der Waals surface area contributed by atoms with Gasteiger partial charge in [0, 0.05) is 22.0 Å². The van der Waals surface area contributed by atoms with Crippen LogP contribution in [0.25, 0.3) is 22.3 Å². The number of carbonyl (C=O) groups is 1. The number of fused-ring (bicyclic) bond motifs is 1. The molecule has 3 aromatic rings. The van der Waals surface area contributed by atoms with Crippen LogP contribution in [0.2, 0.25) is 0 Å². The minimum absolute atomic E-state index is 0.0674. The number of carboxylic acids is 1. The number of benzene rings is 1. The molecule has 0 saturated heterocycles. The molecule has 3 rings (SSSR count). The highest BCUT2D eigenvalue weighted by Crippen LogP contribution is 2.29. The lowest BCUT2D eigenvalue weighted by atomic mass is 9.87. The number of aromatic amines is 1. The van der Waals surface area contributed by atoms with Crippen LogP contribution in [0, 0.1) is 0 Å². The summed E-state index contributed by atoms with van der Waals surface area (Å²) >= 11 is 1.33. The summed E-state index contributed by atoms with van der Waals surface area (Å²) in [5.74, 6) is -0.740. The fraction of sp³-hybridized carbons (Fsp3) is 0.263. The highest BCUT2D eigenvalue weighted by Gasteiger charge is 2.15. The number of H-pyrrole nitrogens is 1. The van der Waals surface area contributed by atoms with Crippen LogP contribution in [0.1, 0.15) is 26.3 Å². The number of hydrogen-bond acceptors (Lipinski definition) is 3. The number of aromatic nitrogens is 2. The number of nitrogens with zero attached hydrogens (tertiary/aromatic N) is 1. The van der Waals surface area contributed by atoms with Gasteiger partial charge in [0.25, 0.3) is 0 Å². The summed E-state index contributed by atoms with van der Waals surface area (Å²) in [5, 5.41) is 9.86. The first-order chi connectivity index (χ1) is 11.3. The molecular weight excluding hydrogens is 320 g/mol. The van der Waals surface area contributed by atoms with Crippen LogP contribution in [0.3, 0.4) is 0 Å². The maximum Gasteiger partial charge on any atom is 0.313 e. The van der Waals surface area contributed by atoms with Gasteiger partial charge in [-0.3, -0.25) is 9.78 Å². The molecule has 124 valence electrons. The van der Waals surface area contributed by atoms with Gasteiger partial charge in [-0.25, -0.2) is 0 Å². The molecule has 4 nitrogen and oxygen atoms in total. The van der Waals surface area contributed by atoms with E-state index in [1.165, 1.54) is 17.3 Å². The van der Waals surface area contributed by atoms with Crippen LogP contribution in [0.5, 0.6) is 0 Å². The summed E-state index contributed by atoms with van der Waals surface area (Å²) in [7, 11) is 0. The zero-order chi connectivity index (χ0) is 17.3. The van der Waals surface area contributed by atoms with Crippen molar-refractivity contribution in [2.24, 2.45) is 0 Å². The Morgan fingerprint density at radius 2 is 2.00 bits per heavy atom. The van der Waals surface area contributed by atoms with Crippen molar-refractivity contribution in [1.82, 2.24) is 9.97 Å². The van der Waals surface area contributed by atoms with Crippen molar-refractivity contribution >= 4 is 28.6 Å². The molecule has 0 atom stereocenters. The molecule has 0 unspecified atom stereocenters. The summed E-state index contributed by atoms with van der Waals surface area (Å²) in [6.45, 7) is 6.55. The van der Waals surface area contributed by atoms with Crippen molar-refractivity contribution in [3.8, 4) is 11.4 Å². The van der Waals surface area contributed by atoms with E-state index in [1.54, 1.807) is 0 Å². The first-order valence-electron chi connectivity index (χ1n) is 7.77. The molecule has 0 aliphatic rings. The monoisotopic (exact) mass is 340 g/mol. The fourth-order valence-electron chi connectivity index (χ4n) is 2.53. The van der Waals surface area contributed by atoms with E-state index in [-0.39, 0.29) is 11.2 Å². The summed E-state index contributed by atoms with van der Waals surface area (Å²) < 4.78 is 0. The van der Waals surface area contributed by atoms with Crippen molar-refractivity contribution < 1.29 is 9.90 Å². The number of rotatable bonds is 4. The Hall–Kier alpha value is -2.27. The average Bonchev–Trinajstić information content (AvgIpc) is 2.95. The van der Waals surface area contributed by atoms with E-state index in [2.05, 4.69) is 42.9 Å². The van der Waals surface area contributed by atoms with Gasteiger partial charge in [0.1, 0.15) is 0 Å². The lowest BCUT2D eigenvalue weighted by Crippen LogP contribution is -2.11. The van der Waals surface area contributed by atoms with E-state index in [1.807, 2.05) is 30.5 Å². The van der Waals surface area contributed by atoms with Gasteiger partial charge in [-0.1, -0.05) is 20.8 Å². The van der Waals surface area contributed by atoms with E-state index in [4.69, 9.17) is 5.11 Å². The van der Waals surface area contributed by atoms with Gasteiger partial charge in [0.15, 0.2) is 0 Å². The highest BCUT2D eigenvalue weighted by atomic mass is 32.2. The van der Waals surface area contributed by atoms with Gasteiger partial charge in [-0.15, -0.1) is 11.8 Å². The zero-order valence-corrected chi connectivity index (χ0v) is 14.8. The summed E-state index contributed by atoms with van der Waals surface area (Å²) in [5.41, 5.74) is 4.22. The Morgan fingerprint density at radius 3 is 2.71 bits per heavy atom. The molecule has 0 saturated carbocycles. The normalized spacial score (nSPS) is 11.8. The Bertz CT molecular complexity index is 894. The molecule has 0 bridgehead atoms. The van der Waals surface area contributed by atoms with Gasteiger partial charge in [-0.2, -0.15) is 0 Å². The van der Waals surface area contributed by atoms with E-state index in [0.717, 1.165) is 27.2 Å². The van der Waals surface area contributed by atoms with Crippen LogP contribution in [0.4, 0.5) is 0 Å². The Morgan fingerprint density at radius 1 is 1.21 bits per heavy atom. The predicted octanol–water partition coefficient (Wildman–Crippen LogP) is 4.70. The van der Waals surface area contributed by atoms with Crippen LogP contribution < -0.4 is 0 Å². The van der Waals surface area contributed by atoms with Crippen LogP contribution in [0.15, 0.2) is 47.5 Å². The van der Waals surface area contributed by atoms with Crippen molar-refractivity contribution in [2.75, 3.05) is 5.75 Å². The number of pyridine rings is 1. The van der Waals surface area contributed by atoms with Crippen molar-refractivity contribution in [1.29, 1.82) is 0 Å². The lowest BCUT2D eigenvalue weighted by Gasteiger charge is -2.19. The Balaban J connectivity index is 1.95. The standard InChI is InChI=1S/C19H20N2O2S/c1-19(2,3)13-6-7-20-16(10-13)17-9-12-8-14(24-11-18(22)23)4-5-15(12)21-17/h4-10,21H,11H2,1-3H3,(H,22,23). The second-order valence-corrected chi connectivity index (χ2v) is 7.84. The van der Waals surface area contributed by atoms with E-state index >= 15 is 0 Å². The first-order valence-corrected chi connectivity index (χ1v) is 8.76. The maximum absolute atomic E-state index is 10.7. The number of aliphatic carboxylic acids is 1. The number of thioether (sulfide) groups is 1. The van der Waals surface area contributed by atoms with Crippen LogP contribution in [-0.2, 0) is 10.2 Å². The quantitative estimate of drug-likeness (QED) is 0.675. The number of hydrogen-bond donors (Lipinski definition) is 2. The average molecular weight is 340 g/mol. The second kappa shape index (κ2) is 6.32. The molecule has 1 aromatic carbocycles. The zero-order valence-electron chi connectivity index (χ0n) is 14.0. The predicted molar refractivity (Wildman–Crippen MR) is 98.6 cm³/mol. The summed E-state index contributed by atoms with van der Waals surface area (Å²) in [6, 6.07) is 12.2. The van der Waals surface area contributed by atoms with Gasteiger partial charge in [-0.05, 0) is 47.4 Å². The van der Waals surface area contributed by atoms with E-state index < -0.39 is 5.97 Å². The molecule has 2 aromatic heterocycles. The fourth-order valence-corrected chi connectivity index (χ4v) is 3.19. The van der Waals surface area contributed by atoms with E-state index in [9.17, 15) is 4.79 Å². The lowest BCUT2D eigenvalue weighted by molar-refractivity contribution is -0.133. The highest BCUT2D eigenvalue weighted by molar-refractivity contribution is 8.00. The van der Waals surface area contributed by atoms with Crippen LogP contribution in [-0.4, -0.2) is 26.8 Å². The molecule has 0 radical (unpaired) electrons. The molecule has 0 spiro atoms. The minimum Gasteiger partial charge on any atom is -0.481 e. The third kappa shape index (κ3) is 3.62. The summed E-state index contributed by atoms with van der Waals surface area (Å²) in [6.07, 6.45) is 1.84. The van der Waals surface area contributed by atoms with Gasteiger partial charge in [0.2, 0.25) is 0 Å². The number of nitrogens with one attached hydrogen (secondary N) is 1. The Kier molecular flexibility index (Phi) is 4.37. The molecule has 24 heavy (non-hydrogen) atoms. The molecule has 2 N–H and O–H groups in total. The van der Waals surface area contributed by atoms with Crippen LogP contribution >= 0.6 is 11.8 Å². The van der Waals surface area contributed by atoms with Gasteiger partial charge < -0.3 is 10.1 Å². The smallest absolute Gasteiger partial charge is 0.313 e. The molecule has 0 fully saturated rings. The Labute approximate surface area is 145 Å².